The molecule has 0 heterocycles. The van der Waals surface area contributed by atoms with Crippen LogP contribution in [0.25, 0.3) is 10.5 Å². The Morgan fingerprint density at radius 3 is 2.03 bits per heavy atom. The third kappa shape index (κ3) is 5.07. The van der Waals surface area contributed by atoms with E-state index in [4.69, 9.17) is 5.73 Å². The zero-order valence-corrected chi connectivity index (χ0v) is 21.9. The number of nitrogens with one attached hydrogen (secondary N) is 1. The number of ketones is 1. The molecule has 0 saturated heterocycles. The van der Waals surface area contributed by atoms with Gasteiger partial charge in [-0.15, -0.1) is 12.1 Å². The van der Waals surface area contributed by atoms with Gasteiger partial charge in [-0.1, -0.05) is 85.6 Å². The molecule has 2 bridgehead atoms. The van der Waals surface area contributed by atoms with Gasteiger partial charge in [0.1, 0.15) is 5.78 Å². The molecule has 1 unspecified atom stereocenters. The predicted octanol–water partition coefficient (Wildman–Crippen LogP) is 5.92. The van der Waals surface area contributed by atoms with Crippen LogP contribution in [0.2, 0.25) is 0 Å². The summed E-state index contributed by atoms with van der Waals surface area (Å²) in [6.07, 6.45) is 1.76. The summed E-state index contributed by atoms with van der Waals surface area (Å²) in [4.78, 5) is 12.8. The van der Waals surface area contributed by atoms with Crippen molar-refractivity contribution in [3.05, 3.63) is 89.7 Å². The Bertz CT molecular complexity index is 1010. The molecule has 2 saturated carbocycles. The van der Waals surface area contributed by atoms with Crippen molar-refractivity contribution < 1.29 is 33.3 Å². The normalized spacial score (nSPS) is 25.5. The molecule has 0 amide bonds. The van der Waals surface area contributed by atoms with Gasteiger partial charge in [0.2, 0.25) is 0 Å². The van der Waals surface area contributed by atoms with Crippen molar-refractivity contribution >= 4 is 15.8 Å². The van der Waals surface area contributed by atoms with Crippen LogP contribution in [0.3, 0.4) is 0 Å². The Hall–Kier alpha value is -1.37. The predicted molar refractivity (Wildman–Crippen MR) is 125 cm³/mol. The van der Waals surface area contributed by atoms with Crippen molar-refractivity contribution in [2.45, 2.75) is 38.8 Å². The molecule has 5 atom stereocenters. The number of rotatable bonds is 7. The van der Waals surface area contributed by atoms with Gasteiger partial charge in [-0.2, -0.15) is 0 Å². The van der Waals surface area contributed by atoms with Crippen LogP contribution in [0.5, 0.6) is 0 Å². The second kappa shape index (κ2) is 10.3. The molecule has 2 fully saturated rings. The summed E-state index contributed by atoms with van der Waals surface area (Å²) in [5, 5.41) is 0. The van der Waals surface area contributed by atoms with Crippen molar-refractivity contribution in [2.75, 3.05) is 5.75 Å². The van der Waals surface area contributed by atoms with Gasteiger partial charge >= 0.3 is 20.1 Å². The minimum absolute atomic E-state index is 0. The van der Waals surface area contributed by atoms with E-state index in [0.29, 0.717) is 11.1 Å². The Balaban J connectivity index is 0.00000181. The monoisotopic (exact) mass is 632 g/mol. The van der Waals surface area contributed by atoms with Crippen molar-refractivity contribution in [3.63, 3.8) is 0 Å². The topological polar surface area (TPSA) is 89.1 Å². The quantitative estimate of drug-likeness (QED) is 0.355. The summed E-state index contributed by atoms with van der Waals surface area (Å²) in [6.45, 7) is 4.16. The summed E-state index contributed by atoms with van der Waals surface area (Å²) in [6, 6.07) is 16.6. The smallest absolute Gasteiger partial charge is 0.672 e. The van der Waals surface area contributed by atoms with Crippen molar-refractivity contribution in [1.29, 1.82) is 0 Å². The number of nitrogens with zero attached hydrogens (tertiary/aromatic N) is 1. The fourth-order valence-electron chi connectivity index (χ4n) is 5.48. The summed E-state index contributed by atoms with van der Waals surface area (Å²) in [5.74, 6) is -0.597. The van der Waals surface area contributed by atoms with E-state index in [9.17, 15) is 13.2 Å². The fraction of sp³-hybridized carbons (Fsp3) is 0.440. The number of fused-ring (bicyclic) bond motifs is 2. The Morgan fingerprint density at radius 1 is 1.00 bits per heavy atom. The van der Waals surface area contributed by atoms with Gasteiger partial charge in [-0.05, 0) is 24.2 Å². The van der Waals surface area contributed by atoms with Crippen LogP contribution in [-0.4, -0.2) is 20.0 Å². The van der Waals surface area contributed by atoms with Crippen LogP contribution in [0.1, 0.15) is 49.9 Å². The first-order valence-corrected chi connectivity index (χ1v) is 12.1. The standard InChI is InChI=1S/C24H28N2O3S.CH3.Ir/c1-24(2)19-13-14-20(24)23(27)18(19)15-30(28,29)26-22(17-11-7-4-8-12-17)21(25)16-9-5-3-6-10-16;;/h3-12,18-22,25H,13-15H2,1-2H3;1H3;/q-2;-1;+3/t18-,19?,20+,21+,22+;;/m0../s1. The molecule has 0 aromatic heterocycles. The number of hydrogen-bond donors (Lipinski definition) is 0. The number of carbonyl (C=O) groups excluding carboxylic acids is 1. The van der Waals surface area contributed by atoms with Crippen LogP contribution in [0.4, 0.5) is 0 Å². The van der Waals surface area contributed by atoms with Crippen LogP contribution < -0.4 is 0 Å². The average molecular weight is 632 g/mol. The molecule has 32 heavy (non-hydrogen) atoms. The van der Waals surface area contributed by atoms with Gasteiger partial charge in [0, 0.05) is 17.6 Å². The molecule has 174 valence electrons. The maximum absolute atomic E-state index is 13.1. The largest absolute Gasteiger partial charge is 3.00 e. The molecule has 4 rings (SSSR count). The number of carbonyl (C=O) groups is 1. The summed E-state index contributed by atoms with van der Waals surface area (Å²) in [7, 11) is -3.89. The Morgan fingerprint density at radius 2 is 1.53 bits per heavy atom. The number of Topliss-reactive ketones (excluding diaryl/α,β-unsaturated/α-hetero) is 1. The molecule has 5 nitrogen and oxygen atoms in total. The number of benzene rings is 2. The summed E-state index contributed by atoms with van der Waals surface area (Å²) in [5.41, 5.74) is 9.99. The fourth-order valence-corrected chi connectivity index (χ4v) is 7.01. The molecule has 7 heteroatoms. The SMILES string of the molecule is CC1(C)C2CC[C@@H]1C(=O)[C@H]2CS(=O)(=O)[N-][C@H](c1ccccc1)[C@H]([NH-])c1ccccc1.[CH3-].[Ir+3]. The zero-order chi connectivity index (χ0) is 21.5. The zero-order valence-electron chi connectivity index (χ0n) is 18.7. The molecular formula is C25H31IrN2O3S. The van der Waals surface area contributed by atoms with Crippen LogP contribution >= 0.6 is 0 Å². The minimum Gasteiger partial charge on any atom is -0.672 e. The van der Waals surface area contributed by atoms with Crippen LogP contribution in [0, 0.1) is 30.6 Å². The molecule has 1 N–H and O–H groups in total. The second-order valence-corrected chi connectivity index (χ2v) is 10.9. The molecular weight excluding hydrogens is 601 g/mol. The first-order chi connectivity index (χ1) is 14.2. The van der Waals surface area contributed by atoms with Gasteiger partial charge in [-0.3, -0.25) is 4.79 Å². The molecule has 2 aromatic carbocycles. The Labute approximate surface area is 206 Å². The van der Waals surface area contributed by atoms with Crippen LogP contribution in [0.15, 0.2) is 60.7 Å². The first-order valence-electron chi connectivity index (χ1n) is 10.5. The average Bonchev–Trinajstić information content (AvgIpc) is 3.12. The van der Waals surface area contributed by atoms with Crippen molar-refractivity contribution in [3.8, 4) is 0 Å². The van der Waals surface area contributed by atoms with E-state index < -0.39 is 28.0 Å². The molecule has 2 aliphatic carbocycles. The van der Waals surface area contributed by atoms with Gasteiger partial charge in [0.15, 0.2) is 0 Å². The van der Waals surface area contributed by atoms with Gasteiger partial charge < -0.3 is 17.9 Å². The van der Waals surface area contributed by atoms with E-state index in [0.717, 1.165) is 12.8 Å². The minimum atomic E-state index is -3.89. The molecule has 0 aliphatic heterocycles. The molecule has 2 aliphatic rings. The second-order valence-electron chi connectivity index (χ2n) is 9.16. The van der Waals surface area contributed by atoms with E-state index in [1.54, 1.807) is 12.1 Å². The molecule has 0 radical (unpaired) electrons. The molecule has 2 aromatic rings. The maximum atomic E-state index is 13.1. The number of sulfonamides is 1. The summed E-state index contributed by atoms with van der Waals surface area (Å²) >= 11 is 0. The van der Waals surface area contributed by atoms with Crippen molar-refractivity contribution in [1.82, 2.24) is 0 Å². The van der Waals surface area contributed by atoms with E-state index >= 15 is 0 Å². The first kappa shape index (κ1) is 26.9. The third-order valence-corrected chi connectivity index (χ3v) is 8.42. The van der Waals surface area contributed by atoms with Gasteiger partial charge in [0.25, 0.3) is 0 Å². The van der Waals surface area contributed by atoms with E-state index in [1.807, 2.05) is 48.5 Å². The molecule has 0 spiro atoms. The van der Waals surface area contributed by atoms with E-state index in [1.165, 1.54) is 0 Å². The van der Waals surface area contributed by atoms with E-state index in [2.05, 4.69) is 18.6 Å². The number of hydrogen-bond acceptors (Lipinski definition) is 3. The van der Waals surface area contributed by atoms with Gasteiger partial charge in [-0.25, -0.2) is 8.42 Å². The van der Waals surface area contributed by atoms with Crippen LogP contribution in [-0.2, 0) is 34.9 Å². The third-order valence-electron chi connectivity index (χ3n) is 7.09. The van der Waals surface area contributed by atoms with E-state index in [-0.39, 0.29) is 56.3 Å². The Kier molecular flexibility index (Phi) is 8.63. The summed E-state index contributed by atoms with van der Waals surface area (Å²) < 4.78 is 30.5. The van der Waals surface area contributed by atoms with Crippen molar-refractivity contribution in [2.24, 2.45) is 23.2 Å². The maximum Gasteiger partial charge on any atom is 3.00 e. The van der Waals surface area contributed by atoms with Gasteiger partial charge in [0.05, 0.1) is 10.0 Å².